The number of fused-ring (bicyclic) bond motifs is 1. The Morgan fingerprint density at radius 3 is 2.49 bits per heavy atom. The summed E-state index contributed by atoms with van der Waals surface area (Å²) in [6.45, 7) is 7.97. The molecule has 2 aromatic rings. The number of anilines is 2. The molecule has 41 heavy (non-hydrogen) atoms. The van der Waals surface area contributed by atoms with Crippen molar-refractivity contribution in [3.8, 4) is 12.1 Å². The topological polar surface area (TPSA) is 88.8 Å². The Balaban J connectivity index is 0.000000572. The van der Waals surface area contributed by atoms with E-state index in [0.29, 0.717) is 44.1 Å². The molecule has 1 aromatic carbocycles. The average Bonchev–Trinajstić information content (AvgIpc) is 3.46. The zero-order chi connectivity index (χ0) is 29.6. The second-order valence-electron chi connectivity index (χ2n) is 10.4. The number of carbonyl (C=O) groups excluding carboxylic acids is 1. The number of hydrogen-bond donors (Lipinski definition) is 0. The zero-order valence-corrected chi connectivity index (χ0v) is 23.5. The van der Waals surface area contributed by atoms with Crippen LogP contribution < -0.4 is 14.5 Å². The third-order valence-corrected chi connectivity index (χ3v) is 7.65. The van der Waals surface area contributed by atoms with Crippen LogP contribution in [0.25, 0.3) is 0 Å². The van der Waals surface area contributed by atoms with Crippen LogP contribution in [0.5, 0.6) is 6.01 Å². The van der Waals surface area contributed by atoms with Crippen molar-refractivity contribution >= 4 is 17.4 Å². The molecule has 1 atom stereocenters. The Morgan fingerprint density at radius 1 is 1.15 bits per heavy atom. The molecule has 0 spiro atoms. The smallest absolute Gasteiger partial charge is 0.418 e. The largest absolute Gasteiger partial charge is 0.467 e. The third-order valence-electron chi connectivity index (χ3n) is 7.65. The molecule has 3 aliphatic heterocycles. The summed E-state index contributed by atoms with van der Waals surface area (Å²) in [5, 5.41) is 9.28. The molecule has 0 N–H and O–H groups in total. The lowest BCUT2D eigenvalue weighted by atomic mass is 10.0. The maximum atomic E-state index is 13.6. The van der Waals surface area contributed by atoms with Gasteiger partial charge in [-0.2, -0.15) is 28.4 Å². The highest BCUT2D eigenvalue weighted by Crippen LogP contribution is 2.39. The Labute approximate surface area is 238 Å². The summed E-state index contributed by atoms with van der Waals surface area (Å²) >= 11 is 0. The summed E-state index contributed by atoms with van der Waals surface area (Å²) < 4.78 is 46.1. The van der Waals surface area contributed by atoms with Crippen LogP contribution in [-0.4, -0.2) is 85.1 Å². The first-order valence-electron chi connectivity index (χ1n) is 13.7. The van der Waals surface area contributed by atoms with Crippen LogP contribution in [0.2, 0.25) is 0 Å². The number of aromatic nitrogens is 2. The molecule has 0 saturated carbocycles. The number of benzene rings is 1. The number of amides is 1. The second kappa shape index (κ2) is 13.2. The highest BCUT2D eigenvalue weighted by Gasteiger charge is 2.37. The standard InChI is InChI=1S/C24H25F3N6O2.C5H11N/c1-3-21(34)33-13-12-32(14-16(33)8-10-28)22-17-9-11-31(15-19(17)29-23(30-22)35-2)20-7-5-4-6-18(20)24(25,26)27;1-6-4-2-3-5-6/h3-7,16H,1,8-9,11-15H2,2H3;2-5H2,1H3. The first-order chi connectivity index (χ1) is 19.7. The Morgan fingerprint density at radius 2 is 1.88 bits per heavy atom. The molecule has 220 valence electrons. The lowest BCUT2D eigenvalue weighted by molar-refractivity contribution is -0.137. The average molecular weight is 572 g/mol. The predicted octanol–water partition coefficient (Wildman–Crippen LogP) is 3.90. The molecular weight excluding hydrogens is 535 g/mol. The van der Waals surface area contributed by atoms with E-state index in [1.807, 2.05) is 4.90 Å². The van der Waals surface area contributed by atoms with Gasteiger partial charge in [-0.15, -0.1) is 0 Å². The number of nitriles is 1. The molecule has 2 fully saturated rings. The number of methoxy groups -OCH3 is 1. The molecule has 9 nitrogen and oxygen atoms in total. The van der Waals surface area contributed by atoms with Crippen LogP contribution >= 0.6 is 0 Å². The molecule has 1 amide bonds. The molecule has 2 saturated heterocycles. The van der Waals surface area contributed by atoms with E-state index < -0.39 is 11.7 Å². The van der Waals surface area contributed by atoms with Crippen molar-refractivity contribution in [3.05, 3.63) is 53.7 Å². The molecule has 1 aromatic heterocycles. The van der Waals surface area contributed by atoms with Gasteiger partial charge in [-0.25, -0.2) is 0 Å². The van der Waals surface area contributed by atoms with Gasteiger partial charge >= 0.3 is 12.2 Å². The Bertz CT molecular complexity index is 1270. The van der Waals surface area contributed by atoms with Gasteiger partial charge < -0.3 is 24.3 Å². The Hall–Kier alpha value is -3.85. The van der Waals surface area contributed by atoms with E-state index in [1.54, 1.807) is 15.9 Å². The number of alkyl halides is 3. The number of hydrogen-bond acceptors (Lipinski definition) is 8. The van der Waals surface area contributed by atoms with Crippen LogP contribution in [0.3, 0.4) is 0 Å². The van der Waals surface area contributed by atoms with Crippen LogP contribution in [0.1, 0.15) is 36.1 Å². The van der Waals surface area contributed by atoms with E-state index in [1.165, 1.54) is 51.2 Å². The normalized spacial score (nSPS) is 19.1. The van der Waals surface area contributed by atoms with Gasteiger partial charge in [-0.1, -0.05) is 18.7 Å². The highest BCUT2D eigenvalue weighted by molar-refractivity contribution is 5.87. The maximum absolute atomic E-state index is 13.6. The number of nitrogens with zero attached hydrogens (tertiary/aromatic N) is 7. The van der Waals surface area contributed by atoms with E-state index in [0.717, 1.165) is 11.6 Å². The van der Waals surface area contributed by atoms with Crippen LogP contribution in [-0.2, 0) is 23.9 Å². The number of para-hydroxylation sites is 1. The van der Waals surface area contributed by atoms with Crippen LogP contribution in [0.4, 0.5) is 24.7 Å². The van der Waals surface area contributed by atoms with E-state index in [-0.39, 0.29) is 36.6 Å². The second-order valence-corrected chi connectivity index (χ2v) is 10.4. The minimum absolute atomic E-state index is 0.107. The molecular formula is C29H36F3N7O2. The van der Waals surface area contributed by atoms with Crippen molar-refractivity contribution in [1.29, 1.82) is 5.26 Å². The third kappa shape index (κ3) is 7.08. The number of halogens is 3. The molecule has 1 unspecified atom stereocenters. The van der Waals surface area contributed by atoms with Crippen molar-refractivity contribution in [1.82, 2.24) is 19.8 Å². The van der Waals surface area contributed by atoms with Gasteiger partial charge in [-0.3, -0.25) is 4.79 Å². The van der Waals surface area contributed by atoms with E-state index >= 15 is 0 Å². The van der Waals surface area contributed by atoms with Crippen LogP contribution in [0.15, 0.2) is 36.9 Å². The molecule has 5 rings (SSSR count). The first-order valence-corrected chi connectivity index (χ1v) is 13.7. The minimum Gasteiger partial charge on any atom is -0.467 e. The van der Waals surface area contributed by atoms with Gasteiger partial charge in [0, 0.05) is 37.4 Å². The van der Waals surface area contributed by atoms with Gasteiger partial charge in [0.25, 0.3) is 0 Å². The SMILES string of the molecule is C=CC(=O)N1CCN(c2nc(OC)nc3c2CCN(c2ccccc2C(F)(F)F)C3)CC1CC#N.CN1CCCC1. The van der Waals surface area contributed by atoms with E-state index in [4.69, 9.17) is 4.74 Å². The fourth-order valence-corrected chi connectivity index (χ4v) is 5.55. The van der Waals surface area contributed by atoms with Gasteiger partial charge in [0.1, 0.15) is 5.82 Å². The summed E-state index contributed by atoms with van der Waals surface area (Å²) in [6.07, 6.45) is 0.192. The summed E-state index contributed by atoms with van der Waals surface area (Å²) in [7, 11) is 3.61. The zero-order valence-electron chi connectivity index (χ0n) is 23.5. The summed E-state index contributed by atoms with van der Waals surface area (Å²) in [6, 6.07) is 7.43. The summed E-state index contributed by atoms with van der Waals surface area (Å²) in [4.78, 5) is 28.9. The lowest BCUT2D eigenvalue weighted by Crippen LogP contribution is -2.55. The Kier molecular flexibility index (Phi) is 9.70. The fraction of sp³-hybridized carbons (Fsp3) is 0.517. The first kappa shape index (κ1) is 30.1. The van der Waals surface area contributed by atoms with Gasteiger partial charge in [-0.05, 0) is 57.6 Å². The van der Waals surface area contributed by atoms with E-state index in [9.17, 15) is 23.2 Å². The highest BCUT2D eigenvalue weighted by atomic mass is 19.4. The van der Waals surface area contributed by atoms with Crippen LogP contribution in [0, 0.1) is 11.3 Å². The monoisotopic (exact) mass is 571 g/mol. The number of carbonyl (C=O) groups is 1. The quantitative estimate of drug-likeness (QED) is 0.500. The number of likely N-dealkylation sites (tertiary alicyclic amines) is 1. The lowest BCUT2D eigenvalue weighted by Gasteiger charge is -2.42. The van der Waals surface area contributed by atoms with Crippen molar-refractivity contribution < 1.29 is 22.7 Å². The molecule has 3 aliphatic rings. The summed E-state index contributed by atoms with van der Waals surface area (Å²) in [5.41, 5.74) is 0.852. The van der Waals surface area contributed by atoms with Crippen molar-refractivity contribution in [3.63, 3.8) is 0 Å². The van der Waals surface area contributed by atoms with Gasteiger partial charge in [0.05, 0.1) is 43.4 Å². The van der Waals surface area contributed by atoms with E-state index in [2.05, 4.69) is 34.6 Å². The molecule has 0 bridgehead atoms. The van der Waals surface area contributed by atoms with Crippen molar-refractivity contribution in [2.24, 2.45) is 0 Å². The predicted molar refractivity (Wildman–Crippen MR) is 150 cm³/mol. The number of ether oxygens (including phenoxy) is 1. The molecule has 4 heterocycles. The molecule has 0 aliphatic carbocycles. The molecule has 12 heteroatoms. The number of piperazine rings is 1. The minimum atomic E-state index is -4.47. The summed E-state index contributed by atoms with van der Waals surface area (Å²) in [5.74, 6) is 0.399. The molecule has 0 radical (unpaired) electrons. The van der Waals surface area contributed by atoms with Crippen molar-refractivity contribution in [2.75, 3.05) is 63.2 Å². The fourth-order valence-electron chi connectivity index (χ4n) is 5.55. The maximum Gasteiger partial charge on any atom is 0.418 e. The van der Waals surface area contributed by atoms with Gasteiger partial charge in [0.15, 0.2) is 0 Å². The van der Waals surface area contributed by atoms with Crippen molar-refractivity contribution in [2.45, 2.75) is 44.4 Å². The number of rotatable bonds is 5. The van der Waals surface area contributed by atoms with Gasteiger partial charge in [0.2, 0.25) is 5.91 Å².